The molecule has 0 aromatic heterocycles. The highest BCUT2D eigenvalue weighted by Gasteiger charge is 2.12. The van der Waals surface area contributed by atoms with Gasteiger partial charge in [-0.3, -0.25) is 4.79 Å². The van der Waals surface area contributed by atoms with Crippen LogP contribution in [0.2, 0.25) is 0 Å². The molecule has 0 heterocycles. The largest absolute Gasteiger partial charge is 0.507 e. The summed E-state index contributed by atoms with van der Waals surface area (Å²) in [6, 6.07) is 16.7. The first-order chi connectivity index (χ1) is 10.6. The lowest BCUT2D eigenvalue weighted by Crippen LogP contribution is -2.22. The summed E-state index contributed by atoms with van der Waals surface area (Å²) in [5, 5.41) is 14.4. The van der Waals surface area contributed by atoms with E-state index in [0.717, 1.165) is 10.8 Å². The van der Waals surface area contributed by atoms with Crippen LogP contribution in [-0.4, -0.2) is 11.0 Å². The molecule has 0 saturated carbocycles. The highest BCUT2D eigenvalue weighted by molar-refractivity contribution is 6.01. The second-order valence-corrected chi connectivity index (χ2v) is 5.03. The fourth-order valence-electron chi connectivity index (χ4n) is 2.33. The maximum Gasteiger partial charge on any atom is 0.255 e. The Morgan fingerprint density at radius 1 is 1.00 bits per heavy atom. The number of carbonyl (C=O) groups excluding carboxylic acids is 1. The van der Waals surface area contributed by atoms with Crippen LogP contribution in [-0.2, 0) is 6.54 Å². The molecular weight excluding hydrogens is 281 g/mol. The minimum Gasteiger partial charge on any atom is -0.507 e. The Labute approximate surface area is 127 Å². The van der Waals surface area contributed by atoms with E-state index in [2.05, 4.69) is 5.32 Å². The van der Waals surface area contributed by atoms with Gasteiger partial charge in [-0.25, -0.2) is 4.39 Å². The van der Waals surface area contributed by atoms with Crippen molar-refractivity contribution in [2.45, 2.75) is 6.54 Å². The first kappa shape index (κ1) is 14.1. The van der Waals surface area contributed by atoms with Crippen molar-refractivity contribution in [1.29, 1.82) is 0 Å². The lowest BCUT2D eigenvalue weighted by molar-refractivity contribution is 0.0948. The number of carbonyl (C=O) groups is 1. The Hall–Kier alpha value is -2.88. The average molecular weight is 295 g/mol. The molecule has 22 heavy (non-hydrogen) atoms. The molecule has 3 aromatic carbocycles. The van der Waals surface area contributed by atoms with Gasteiger partial charge in [0.15, 0.2) is 0 Å². The van der Waals surface area contributed by atoms with Gasteiger partial charge in [0.05, 0.1) is 5.56 Å². The number of benzene rings is 3. The third-order valence-corrected chi connectivity index (χ3v) is 3.45. The number of nitrogens with one attached hydrogen (secondary N) is 1. The molecule has 0 fully saturated rings. The highest BCUT2D eigenvalue weighted by atomic mass is 19.1. The van der Waals surface area contributed by atoms with Crippen molar-refractivity contribution >= 4 is 16.7 Å². The summed E-state index contributed by atoms with van der Waals surface area (Å²) in [6.45, 7) is 0.197. The number of phenolic OH excluding ortho intramolecular Hbond substituents is 1. The van der Waals surface area contributed by atoms with Crippen molar-refractivity contribution < 1.29 is 14.3 Å². The van der Waals surface area contributed by atoms with Gasteiger partial charge in [-0.1, -0.05) is 36.4 Å². The maximum atomic E-state index is 13.1. The quantitative estimate of drug-likeness (QED) is 0.775. The number of halogens is 1. The molecule has 3 rings (SSSR count). The molecule has 0 aliphatic heterocycles. The van der Waals surface area contributed by atoms with Crippen LogP contribution in [0.15, 0.2) is 60.7 Å². The molecule has 110 valence electrons. The van der Waals surface area contributed by atoms with Crippen LogP contribution in [0.5, 0.6) is 5.75 Å². The van der Waals surface area contributed by atoms with E-state index in [1.807, 2.05) is 24.3 Å². The Balaban J connectivity index is 1.81. The van der Waals surface area contributed by atoms with Gasteiger partial charge in [-0.15, -0.1) is 0 Å². The predicted molar refractivity (Wildman–Crippen MR) is 83.2 cm³/mol. The smallest absolute Gasteiger partial charge is 0.255 e. The fourth-order valence-corrected chi connectivity index (χ4v) is 2.33. The summed E-state index contributed by atoms with van der Waals surface area (Å²) in [7, 11) is 0. The van der Waals surface area contributed by atoms with E-state index in [1.165, 1.54) is 12.1 Å². The van der Waals surface area contributed by atoms with E-state index in [-0.39, 0.29) is 23.7 Å². The topological polar surface area (TPSA) is 49.3 Å². The zero-order valence-corrected chi connectivity index (χ0v) is 11.7. The maximum absolute atomic E-state index is 13.1. The van der Waals surface area contributed by atoms with Crippen LogP contribution in [0, 0.1) is 5.82 Å². The fraction of sp³-hybridized carbons (Fsp3) is 0.0556. The first-order valence-electron chi connectivity index (χ1n) is 6.88. The van der Waals surface area contributed by atoms with Crippen LogP contribution in [0.1, 0.15) is 15.9 Å². The summed E-state index contributed by atoms with van der Waals surface area (Å²) < 4.78 is 13.1. The first-order valence-corrected chi connectivity index (χ1v) is 6.88. The summed E-state index contributed by atoms with van der Waals surface area (Å²) in [6.07, 6.45) is 0. The molecular formula is C18H14FNO2. The number of aromatic hydroxyl groups is 1. The molecule has 1 amide bonds. The molecule has 0 spiro atoms. The van der Waals surface area contributed by atoms with E-state index in [4.69, 9.17) is 0 Å². The van der Waals surface area contributed by atoms with E-state index in [0.29, 0.717) is 5.56 Å². The molecule has 0 aliphatic rings. The SMILES string of the molecule is O=C(NCc1cccc(F)c1)c1cc2ccccc2cc1O. The van der Waals surface area contributed by atoms with E-state index in [1.54, 1.807) is 24.3 Å². The van der Waals surface area contributed by atoms with E-state index in [9.17, 15) is 14.3 Å². The Kier molecular flexibility index (Phi) is 3.74. The van der Waals surface area contributed by atoms with Gasteiger partial charge in [0.25, 0.3) is 5.91 Å². The Bertz CT molecular complexity index is 845. The van der Waals surface area contributed by atoms with Crippen molar-refractivity contribution in [2.24, 2.45) is 0 Å². The molecule has 2 N–H and O–H groups in total. The highest BCUT2D eigenvalue weighted by Crippen LogP contribution is 2.24. The molecule has 0 bridgehead atoms. The summed E-state index contributed by atoms with van der Waals surface area (Å²) in [5.74, 6) is -0.816. The molecule has 0 radical (unpaired) electrons. The predicted octanol–water partition coefficient (Wildman–Crippen LogP) is 3.61. The van der Waals surface area contributed by atoms with Crippen molar-refractivity contribution in [2.75, 3.05) is 0 Å². The van der Waals surface area contributed by atoms with Gasteiger partial charge in [0, 0.05) is 6.54 Å². The zero-order chi connectivity index (χ0) is 15.5. The molecule has 4 heteroatoms. The monoisotopic (exact) mass is 295 g/mol. The van der Waals surface area contributed by atoms with E-state index < -0.39 is 5.91 Å². The number of amides is 1. The summed E-state index contributed by atoms with van der Waals surface area (Å²) in [5.41, 5.74) is 0.865. The molecule has 3 nitrogen and oxygen atoms in total. The molecule has 0 atom stereocenters. The summed E-state index contributed by atoms with van der Waals surface area (Å²) >= 11 is 0. The number of rotatable bonds is 3. The minimum atomic E-state index is -0.396. The molecule has 3 aromatic rings. The summed E-state index contributed by atoms with van der Waals surface area (Å²) in [4.78, 5) is 12.2. The third-order valence-electron chi connectivity index (χ3n) is 3.45. The lowest BCUT2D eigenvalue weighted by Gasteiger charge is -2.08. The Morgan fingerprint density at radius 3 is 2.45 bits per heavy atom. The van der Waals surface area contributed by atoms with Crippen LogP contribution in [0.3, 0.4) is 0 Å². The van der Waals surface area contributed by atoms with Crippen molar-refractivity contribution in [1.82, 2.24) is 5.32 Å². The van der Waals surface area contributed by atoms with Gasteiger partial charge >= 0.3 is 0 Å². The standard InChI is InChI=1S/C18H14FNO2/c19-15-7-3-4-12(8-15)11-20-18(22)16-9-13-5-1-2-6-14(13)10-17(16)21/h1-10,21H,11H2,(H,20,22). The average Bonchev–Trinajstić information content (AvgIpc) is 2.52. The van der Waals surface area contributed by atoms with Gasteiger partial charge in [-0.2, -0.15) is 0 Å². The van der Waals surface area contributed by atoms with E-state index >= 15 is 0 Å². The van der Waals surface area contributed by atoms with Gasteiger partial charge in [0.2, 0.25) is 0 Å². The second-order valence-electron chi connectivity index (χ2n) is 5.03. The van der Waals surface area contributed by atoms with Crippen LogP contribution >= 0.6 is 0 Å². The van der Waals surface area contributed by atoms with Crippen molar-refractivity contribution in [3.8, 4) is 5.75 Å². The Morgan fingerprint density at radius 2 is 1.73 bits per heavy atom. The second kappa shape index (κ2) is 5.85. The third kappa shape index (κ3) is 2.91. The van der Waals surface area contributed by atoms with Crippen LogP contribution in [0.4, 0.5) is 4.39 Å². The van der Waals surface area contributed by atoms with Gasteiger partial charge < -0.3 is 10.4 Å². The molecule has 0 unspecified atom stereocenters. The molecule has 0 saturated heterocycles. The molecule has 0 aliphatic carbocycles. The number of fused-ring (bicyclic) bond motifs is 1. The lowest BCUT2D eigenvalue weighted by atomic mass is 10.1. The number of hydrogen-bond donors (Lipinski definition) is 2. The van der Waals surface area contributed by atoms with Gasteiger partial charge in [0.1, 0.15) is 11.6 Å². The van der Waals surface area contributed by atoms with Crippen LogP contribution < -0.4 is 5.32 Å². The number of hydrogen-bond acceptors (Lipinski definition) is 2. The van der Waals surface area contributed by atoms with Crippen molar-refractivity contribution in [3.63, 3.8) is 0 Å². The normalized spacial score (nSPS) is 10.6. The minimum absolute atomic E-state index is 0.0737. The number of phenols is 1. The zero-order valence-electron chi connectivity index (χ0n) is 11.7. The van der Waals surface area contributed by atoms with Gasteiger partial charge in [-0.05, 0) is 40.6 Å². The van der Waals surface area contributed by atoms with Crippen LogP contribution in [0.25, 0.3) is 10.8 Å². The van der Waals surface area contributed by atoms with Crippen molar-refractivity contribution in [3.05, 3.63) is 77.6 Å².